The van der Waals surface area contributed by atoms with Gasteiger partial charge in [0, 0.05) is 43.8 Å². The highest BCUT2D eigenvalue weighted by Crippen LogP contribution is 2.28. The van der Waals surface area contributed by atoms with E-state index in [9.17, 15) is 4.79 Å². The van der Waals surface area contributed by atoms with E-state index < -0.39 is 0 Å². The van der Waals surface area contributed by atoms with Crippen molar-refractivity contribution in [3.8, 4) is 0 Å². The summed E-state index contributed by atoms with van der Waals surface area (Å²) in [7, 11) is 0. The first kappa shape index (κ1) is 14.7. The average Bonchev–Trinajstić information content (AvgIpc) is 2.96. The molecule has 5 heteroatoms. The molecule has 122 valence electrons. The van der Waals surface area contributed by atoms with Crippen LogP contribution in [0, 0.1) is 12.8 Å². The minimum Gasteiger partial charge on any atom is -0.338 e. The van der Waals surface area contributed by atoms with Gasteiger partial charge in [-0.2, -0.15) is 5.10 Å². The van der Waals surface area contributed by atoms with Crippen LogP contribution in [0.3, 0.4) is 0 Å². The highest BCUT2D eigenvalue weighted by Gasteiger charge is 2.26. The highest BCUT2D eigenvalue weighted by molar-refractivity contribution is 5.76. The van der Waals surface area contributed by atoms with Crippen molar-refractivity contribution < 1.29 is 4.79 Å². The molecule has 0 aromatic carbocycles. The van der Waals surface area contributed by atoms with E-state index in [0.717, 1.165) is 36.3 Å². The monoisotopic (exact) mass is 312 g/mol. The Balaban J connectivity index is 1.49. The van der Waals surface area contributed by atoms with E-state index in [2.05, 4.69) is 10.1 Å². The zero-order valence-electron chi connectivity index (χ0n) is 13.8. The minimum absolute atomic E-state index is 0.319. The van der Waals surface area contributed by atoms with E-state index in [-0.39, 0.29) is 0 Å². The van der Waals surface area contributed by atoms with E-state index in [1.165, 1.54) is 37.8 Å². The van der Waals surface area contributed by atoms with E-state index in [4.69, 9.17) is 0 Å². The second-order valence-corrected chi connectivity index (χ2v) is 7.06. The number of amides is 1. The summed E-state index contributed by atoms with van der Waals surface area (Å²) in [5.41, 5.74) is 4.25. The van der Waals surface area contributed by atoms with Gasteiger partial charge >= 0.3 is 0 Å². The molecule has 0 radical (unpaired) electrons. The number of aryl methyl sites for hydroxylation is 1. The molecular formula is C18H24N4O. The summed E-state index contributed by atoms with van der Waals surface area (Å²) in [6.07, 6.45) is 9.90. The largest absolute Gasteiger partial charge is 0.338 e. The summed E-state index contributed by atoms with van der Waals surface area (Å²) in [6.45, 7) is 3.48. The molecule has 1 aliphatic carbocycles. The molecule has 0 spiro atoms. The second kappa shape index (κ2) is 5.95. The van der Waals surface area contributed by atoms with Gasteiger partial charge in [0.05, 0.1) is 11.4 Å². The molecule has 1 saturated carbocycles. The number of nitrogens with zero attached hydrogens (tertiary/aromatic N) is 4. The molecule has 3 heterocycles. The van der Waals surface area contributed by atoms with E-state index >= 15 is 0 Å². The fraction of sp³-hybridized carbons (Fsp3) is 0.611. The van der Waals surface area contributed by atoms with Crippen LogP contribution in [-0.2, 0) is 17.8 Å². The maximum atomic E-state index is 12.6. The van der Waals surface area contributed by atoms with Gasteiger partial charge in [-0.15, -0.1) is 0 Å². The van der Waals surface area contributed by atoms with Gasteiger partial charge in [-0.25, -0.2) is 9.50 Å². The molecule has 0 bridgehead atoms. The van der Waals surface area contributed by atoms with Crippen molar-refractivity contribution in [3.05, 3.63) is 29.2 Å². The minimum atomic E-state index is 0.319. The summed E-state index contributed by atoms with van der Waals surface area (Å²) in [4.78, 5) is 19.1. The van der Waals surface area contributed by atoms with Crippen molar-refractivity contribution in [2.75, 3.05) is 6.54 Å². The lowest BCUT2D eigenvalue weighted by molar-refractivity contribution is -0.133. The highest BCUT2D eigenvalue weighted by atomic mass is 16.2. The molecule has 1 amide bonds. The Kier molecular flexibility index (Phi) is 3.79. The van der Waals surface area contributed by atoms with Crippen LogP contribution in [-0.4, -0.2) is 31.9 Å². The molecule has 2 aliphatic rings. The van der Waals surface area contributed by atoms with E-state index in [1.807, 2.05) is 28.6 Å². The van der Waals surface area contributed by atoms with E-state index in [1.54, 1.807) is 0 Å². The van der Waals surface area contributed by atoms with E-state index in [0.29, 0.717) is 18.4 Å². The smallest absolute Gasteiger partial charge is 0.223 e. The molecule has 1 aliphatic heterocycles. The zero-order valence-corrected chi connectivity index (χ0v) is 13.8. The van der Waals surface area contributed by atoms with Gasteiger partial charge in [0.2, 0.25) is 5.91 Å². The molecule has 0 N–H and O–H groups in total. The molecule has 0 atom stereocenters. The summed E-state index contributed by atoms with van der Waals surface area (Å²) in [6, 6.07) is 2.00. The van der Waals surface area contributed by atoms with Crippen LogP contribution in [0.4, 0.5) is 0 Å². The molecular weight excluding hydrogens is 288 g/mol. The maximum Gasteiger partial charge on any atom is 0.223 e. The number of hydrogen-bond donors (Lipinski definition) is 0. The fourth-order valence-electron chi connectivity index (χ4n) is 4.04. The predicted octanol–water partition coefficient (Wildman–Crippen LogP) is 2.89. The zero-order chi connectivity index (χ0) is 15.8. The number of carbonyl (C=O) groups excluding carboxylic acids is 1. The van der Waals surface area contributed by atoms with Crippen LogP contribution in [0.25, 0.3) is 5.65 Å². The van der Waals surface area contributed by atoms with Gasteiger partial charge in [0.25, 0.3) is 0 Å². The van der Waals surface area contributed by atoms with Crippen molar-refractivity contribution in [3.63, 3.8) is 0 Å². The standard InChI is InChI=1S/C18H24N4O/c1-13-9-17-19-11-15-12-21(8-7-16(15)22(17)20-13)18(23)10-14-5-3-2-4-6-14/h9,11,14H,2-8,10,12H2,1H3. The van der Waals surface area contributed by atoms with Crippen molar-refractivity contribution in [2.24, 2.45) is 5.92 Å². The molecule has 23 heavy (non-hydrogen) atoms. The fourth-order valence-corrected chi connectivity index (χ4v) is 4.04. The summed E-state index contributed by atoms with van der Waals surface area (Å²) in [5, 5.41) is 4.54. The predicted molar refractivity (Wildman–Crippen MR) is 88.0 cm³/mol. The molecule has 4 rings (SSSR count). The van der Waals surface area contributed by atoms with Crippen LogP contribution in [0.15, 0.2) is 12.3 Å². The number of aromatic nitrogens is 3. The van der Waals surface area contributed by atoms with Gasteiger partial charge in [0.1, 0.15) is 0 Å². The molecule has 0 saturated heterocycles. The SMILES string of the molecule is Cc1cc2ncc3c(n2n1)CCN(C(=O)CC1CCCCC1)C3. The number of hydrogen-bond acceptors (Lipinski definition) is 3. The molecule has 2 aromatic heterocycles. The van der Waals surface area contributed by atoms with Crippen LogP contribution in [0.1, 0.15) is 55.5 Å². The first-order chi connectivity index (χ1) is 11.2. The van der Waals surface area contributed by atoms with Gasteiger partial charge in [-0.3, -0.25) is 4.79 Å². The molecule has 1 fully saturated rings. The Morgan fingerprint density at radius 3 is 2.96 bits per heavy atom. The molecule has 2 aromatic rings. The second-order valence-electron chi connectivity index (χ2n) is 7.06. The average molecular weight is 312 g/mol. The normalized spacial score (nSPS) is 19.1. The lowest BCUT2D eigenvalue weighted by Crippen LogP contribution is -2.38. The Morgan fingerprint density at radius 2 is 2.13 bits per heavy atom. The Hall–Kier alpha value is -1.91. The topological polar surface area (TPSA) is 50.5 Å². The number of fused-ring (bicyclic) bond motifs is 3. The van der Waals surface area contributed by atoms with Gasteiger partial charge < -0.3 is 4.90 Å². The quantitative estimate of drug-likeness (QED) is 0.857. The molecule has 0 unspecified atom stereocenters. The summed E-state index contributed by atoms with van der Waals surface area (Å²) in [5.74, 6) is 0.923. The third-order valence-electron chi connectivity index (χ3n) is 5.31. The van der Waals surface area contributed by atoms with Gasteiger partial charge in [-0.1, -0.05) is 19.3 Å². The lowest BCUT2D eigenvalue weighted by Gasteiger charge is -2.31. The first-order valence-corrected chi connectivity index (χ1v) is 8.81. The lowest BCUT2D eigenvalue weighted by atomic mass is 9.86. The van der Waals surface area contributed by atoms with Crippen LogP contribution < -0.4 is 0 Å². The van der Waals surface area contributed by atoms with Gasteiger partial charge in [0.15, 0.2) is 5.65 Å². The molecule has 5 nitrogen and oxygen atoms in total. The third-order valence-corrected chi connectivity index (χ3v) is 5.31. The Bertz CT molecular complexity index is 730. The maximum absolute atomic E-state index is 12.6. The Morgan fingerprint density at radius 1 is 1.30 bits per heavy atom. The number of carbonyl (C=O) groups is 1. The van der Waals surface area contributed by atoms with Crippen LogP contribution in [0.5, 0.6) is 0 Å². The van der Waals surface area contributed by atoms with Crippen molar-refractivity contribution in [1.82, 2.24) is 19.5 Å². The Labute approximate surface area is 136 Å². The van der Waals surface area contributed by atoms with Crippen molar-refractivity contribution in [1.29, 1.82) is 0 Å². The third kappa shape index (κ3) is 2.84. The van der Waals surface area contributed by atoms with Gasteiger partial charge in [-0.05, 0) is 25.7 Å². The van der Waals surface area contributed by atoms with Crippen molar-refractivity contribution >= 4 is 11.6 Å². The van der Waals surface area contributed by atoms with Crippen molar-refractivity contribution in [2.45, 2.75) is 58.4 Å². The summed E-state index contributed by atoms with van der Waals surface area (Å²) < 4.78 is 1.95. The number of rotatable bonds is 2. The van der Waals surface area contributed by atoms with Crippen LogP contribution >= 0.6 is 0 Å². The first-order valence-electron chi connectivity index (χ1n) is 8.81. The van der Waals surface area contributed by atoms with Crippen LogP contribution in [0.2, 0.25) is 0 Å². The summed E-state index contributed by atoms with van der Waals surface area (Å²) >= 11 is 0.